The number of anilines is 1. The molecule has 0 bridgehead atoms. The van der Waals surface area contributed by atoms with Crippen molar-refractivity contribution in [3.63, 3.8) is 0 Å². The molecule has 0 heterocycles. The highest BCUT2D eigenvalue weighted by Crippen LogP contribution is 2.39. The van der Waals surface area contributed by atoms with Crippen molar-refractivity contribution in [1.29, 1.82) is 0 Å². The topological polar surface area (TPSA) is 24.4 Å². The molecule has 0 radical (unpaired) electrons. The van der Waals surface area contributed by atoms with Crippen LogP contribution in [0.4, 0.5) is 5.69 Å². The average molecular weight is 381 g/mol. The molecule has 0 amide bonds. The maximum atomic E-state index is 4.93. The van der Waals surface area contributed by atoms with E-state index in [-0.39, 0.29) is 0 Å². The molecule has 0 saturated carbocycles. The Bertz CT molecular complexity index is 1070. The molecule has 3 aromatic rings. The Morgan fingerprint density at radius 1 is 0.862 bits per heavy atom. The minimum Gasteiger partial charge on any atom is -0.278 e. The monoisotopic (exact) mass is 380 g/mol. The van der Waals surface area contributed by atoms with Crippen LogP contribution in [0.2, 0.25) is 0 Å². The van der Waals surface area contributed by atoms with Gasteiger partial charge in [0.1, 0.15) is 0 Å². The van der Waals surface area contributed by atoms with Crippen LogP contribution in [0, 0.1) is 20.8 Å². The number of nitrogens with one attached hydrogen (secondary N) is 1. The van der Waals surface area contributed by atoms with E-state index in [1.807, 2.05) is 0 Å². The lowest BCUT2D eigenvalue weighted by molar-refractivity contribution is 0.852. The second-order valence-electron chi connectivity index (χ2n) is 8.08. The summed E-state index contributed by atoms with van der Waals surface area (Å²) in [5, 5.41) is 4.93. The lowest BCUT2D eigenvalue weighted by atomic mass is 9.89. The van der Waals surface area contributed by atoms with E-state index in [9.17, 15) is 0 Å². The van der Waals surface area contributed by atoms with Gasteiger partial charge >= 0.3 is 0 Å². The number of hydrazone groups is 1. The molecule has 146 valence electrons. The molecule has 2 heteroatoms. The van der Waals surface area contributed by atoms with Gasteiger partial charge in [-0.25, -0.2) is 0 Å². The zero-order chi connectivity index (χ0) is 20.4. The fourth-order valence-electron chi connectivity index (χ4n) is 4.35. The number of benzene rings is 3. The Morgan fingerprint density at radius 2 is 1.52 bits per heavy atom. The van der Waals surface area contributed by atoms with Crippen molar-refractivity contribution in [2.24, 2.45) is 5.10 Å². The minimum atomic E-state index is 0.368. The molecule has 29 heavy (non-hydrogen) atoms. The summed E-state index contributed by atoms with van der Waals surface area (Å²) in [5.74, 6) is 0.368. The number of rotatable bonds is 5. The molecule has 1 unspecified atom stereocenters. The Balaban J connectivity index is 1.69. The summed E-state index contributed by atoms with van der Waals surface area (Å²) < 4.78 is 0. The molecule has 0 spiro atoms. The molecule has 1 atom stereocenters. The number of allylic oxidation sites excluding steroid dienone is 1. The zero-order valence-electron chi connectivity index (χ0n) is 17.7. The van der Waals surface area contributed by atoms with Crippen LogP contribution < -0.4 is 5.43 Å². The van der Waals surface area contributed by atoms with E-state index in [0.717, 1.165) is 17.8 Å². The van der Waals surface area contributed by atoms with Crippen LogP contribution in [0.15, 0.2) is 77.4 Å². The highest BCUT2D eigenvalue weighted by Gasteiger charge is 2.24. The van der Waals surface area contributed by atoms with Gasteiger partial charge < -0.3 is 0 Å². The first kappa shape index (κ1) is 19.2. The third kappa shape index (κ3) is 4.02. The van der Waals surface area contributed by atoms with Crippen LogP contribution in [-0.4, -0.2) is 5.71 Å². The molecular weight excluding hydrogens is 352 g/mol. The lowest BCUT2D eigenvalue weighted by Gasteiger charge is -2.18. The van der Waals surface area contributed by atoms with Gasteiger partial charge in [0.15, 0.2) is 0 Å². The highest BCUT2D eigenvalue weighted by molar-refractivity contribution is 6.02. The van der Waals surface area contributed by atoms with E-state index in [2.05, 4.69) is 106 Å². The van der Waals surface area contributed by atoms with E-state index < -0.39 is 0 Å². The van der Waals surface area contributed by atoms with Gasteiger partial charge in [0, 0.05) is 12.3 Å². The van der Waals surface area contributed by atoms with E-state index in [1.165, 1.54) is 39.0 Å². The maximum Gasteiger partial charge on any atom is 0.0688 e. The predicted molar refractivity (Wildman–Crippen MR) is 125 cm³/mol. The fourth-order valence-corrected chi connectivity index (χ4v) is 4.35. The molecular formula is C27H28N2. The Kier molecular flexibility index (Phi) is 5.35. The summed E-state index contributed by atoms with van der Waals surface area (Å²) in [5.41, 5.74) is 14.6. The molecule has 2 nitrogen and oxygen atoms in total. The summed E-state index contributed by atoms with van der Waals surface area (Å²) >= 11 is 0. The van der Waals surface area contributed by atoms with Crippen molar-refractivity contribution in [3.05, 3.63) is 106 Å². The number of aryl methyl sites for hydroxylation is 3. The lowest BCUT2D eigenvalue weighted by Crippen LogP contribution is -2.11. The Morgan fingerprint density at radius 3 is 2.24 bits per heavy atom. The van der Waals surface area contributed by atoms with Crippen molar-refractivity contribution < 1.29 is 0 Å². The smallest absolute Gasteiger partial charge is 0.0688 e. The molecule has 1 aliphatic rings. The van der Waals surface area contributed by atoms with E-state index >= 15 is 0 Å². The van der Waals surface area contributed by atoms with Gasteiger partial charge in [-0.2, -0.15) is 5.10 Å². The van der Waals surface area contributed by atoms with Gasteiger partial charge in [-0.3, -0.25) is 5.43 Å². The summed E-state index contributed by atoms with van der Waals surface area (Å²) in [6.45, 7) is 8.64. The van der Waals surface area contributed by atoms with Crippen LogP contribution >= 0.6 is 0 Å². The van der Waals surface area contributed by atoms with Gasteiger partial charge in [0.05, 0.1) is 11.4 Å². The minimum absolute atomic E-state index is 0.368. The van der Waals surface area contributed by atoms with Crippen molar-refractivity contribution in [1.82, 2.24) is 0 Å². The molecule has 1 N–H and O–H groups in total. The molecule has 0 saturated heterocycles. The van der Waals surface area contributed by atoms with E-state index in [1.54, 1.807) is 0 Å². The van der Waals surface area contributed by atoms with Crippen molar-refractivity contribution in [2.45, 2.75) is 40.0 Å². The molecule has 0 aliphatic heterocycles. The normalized spacial score (nSPS) is 15.8. The van der Waals surface area contributed by atoms with Gasteiger partial charge in [0.25, 0.3) is 0 Å². The van der Waals surface area contributed by atoms with E-state index in [4.69, 9.17) is 5.10 Å². The second kappa shape index (κ2) is 8.08. The van der Waals surface area contributed by atoms with Gasteiger partial charge in [-0.1, -0.05) is 83.9 Å². The van der Waals surface area contributed by atoms with Crippen LogP contribution in [0.1, 0.15) is 52.6 Å². The third-order valence-corrected chi connectivity index (χ3v) is 5.79. The zero-order valence-corrected chi connectivity index (χ0v) is 17.7. The SMILES string of the molecule is CC1=Cc2ccccc2C1CC(=NNc1c(C)cc(C)cc1C)c1ccccc1. The number of hydrogen-bond acceptors (Lipinski definition) is 2. The van der Waals surface area contributed by atoms with Crippen molar-refractivity contribution >= 4 is 17.5 Å². The first-order valence-corrected chi connectivity index (χ1v) is 10.3. The molecule has 1 aliphatic carbocycles. The molecule has 0 fully saturated rings. The molecule has 0 aromatic heterocycles. The summed E-state index contributed by atoms with van der Waals surface area (Å²) in [6, 6.07) is 23.6. The summed E-state index contributed by atoms with van der Waals surface area (Å²) in [6.07, 6.45) is 3.19. The van der Waals surface area contributed by atoms with E-state index in [0.29, 0.717) is 5.92 Å². The van der Waals surface area contributed by atoms with Crippen LogP contribution in [0.3, 0.4) is 0 Å². The van der Waals surface area contributed by atoms with Crippen LogP contribution in [0.25, 0.3) is 6.08 Å². The number of fused-ring (bicyclic) bond motifs is 1. The third-order valence-electron chi connectivity index (χ3n) is 5.79. The van der Waals surface area contributed by atoms with Crippen molar-refractivity contribution in [2.75, 3.05) is 5.43 Å². The van der Waals surface area contributed by atoms with Gasteiger partial charge in [-0.15, -0.1) is 0 Å². The first-order valence-electron chi connectivity index (χ1n) is 10.3. The maximum absolute atomic E-state index is 4.93. The Labute approximate surface area is 174 Å². The molecule has 3 aromatic carbocycles. The van der Waals surface area contributed by atoms with Crippen LogP contribution in [0.5, 0.6) is 0 Å². The Hall–Kier alpha value is -3.13. The molecule has 4 rings (SSSR count). The van der Waals surface area contributed by atoms with Gasteiger partial charge in [-0.05, 0) is 55.5 Å². The second-order valence-corrected chi connectivity index (χ2v) is 8.08. The van der Waals surface area contributed by atoms with Crippen LogP contribution in [-0.2, 0) is 0 Å². The number of nitrogens with zero attached hydrogens (tertiary/aromatic N) is 1. The first-order chi connectivity index (χ1) is 14.0. The average Bonchev–Trinajstić information content (AvgIpc) is 3.02. The summed E-state index contributed by atoms with van der Waals surface area (Å²) in [4.78, 5) is 0. The number of hydrogen-bond donors (Lipinski definition) is 1. The standard InChI is InChI=1S/C27H28N2/c1-18-14-20(3)27(21(4)15-18)29-28-26(22-10-6-5-7-11-22)17-25-19(2)16-23-12-8-9-13-24(23)25/h5-16,25,29H,17H2,1-4H3. The summed E-state index contributed by atoms with van der Waals surface area (Å²) in [7, 11) is 0. The fraction of sp³-hybridized carbons (Fsp3) is 0.222. The quantitative estimate of drug-likeness (QED) is 0.373. The predicted octanol–water partition coefficient (Wildman–Crippen LogP) is 7.02. The van der Waals surface area contributed by atoms with Crippen molar-refractivity contribution in [3.8, 4) is 0 Å². The highest BCUT2D eigenvalue weighted by atomic mass is 15.3. The largest absolute Gasteiger partial charge is 0.278 e. The van der Waals surface area contributed by atoms with Gasteiger partial charge in [0.2, 0.25) is 0 Å².